The van der Waals surface area contributed by atoms with Crippen LogP contribution in [0.15, 0.2) is 18.2 Å². The molecule has 3 nitrogen and oxygen atoms in total. The summed E-state index contributed by atoms with van der Waals surface area (Å²) in [5.74, 6) is -2.03. The minimum Gasteiger partial charge on any atom is -0.388 e. The van der Waals surface area contributed by atoms with Crippen LogP contribution in [-0.4, -0.2) is 23.2 Å². The molecule has 1 amide bonds. The Hall–Kier alpha value is -1.49. The van der Waals surface area contributed by atoms with Gasteiger partial charge in [-0.1, -0.05) is 13.0 Å². The first-order valence-corrected chi connectivity index (χ1v) is 6.27. The molecule has 1 rings (SSSR count). The molecule has 0 bridgehead atoms. The first-order chi connectivity index (χ1) is 8.84. The van der Waals surface area contributed by atoms with Gasteiger partial charge in [-0.2, -0.15) is 0 Å². The van der Waals surface area contributed by atoms with E-state index in [9.17, 15) is 18.7 Å². The number of carbonyl (C=O) groups is 1. The molecule has 0 radical (unpaired) electrons. The fourth-order valence-electron chi connectivity index (χ4n) is 1.46. The van der Waals surface area contributed by atoms with Crippen LogP contribution in [0.25, 0.3) is 0 Å². The maximum atomic E-state index is 12.9. The highest BCUT2D eigenvalue weighted by molar-refractivity contribution is 5.76. The standard InChI is InChI=1S/C14H19F2NO2/c1-3-14(2,19)9-17-13(18)7-5-10-4-6-11(15)12(16)8-10/h4,6,8,19H,3,5,7,9H2,1-2H3,(H,17,18). The van der Waals surface area contributed by atoms with E-state index in [1.165, 1.54) is 6.07 Å². The molecule has 19 heavy (non-hydrogen) atoms. The van der Waals surface area contributed by atoms with Crippen molar-refractivity contribution in [2.75, 3.05) is 6.54 Å². The summed E-state index contributed by atoms with van der Waals surface area (Å²) in [5, 5.41) is 12.3. The van der Waals surface area contributed by atoms with Crippen molar-refractivity contribution in [2.24, 2.45) is 0 Å². The van der Waals surface area contributed by atoms with Crippen molar-refractivity contribution < 1.29 is 18.7 Å². The van der Waals surface area contributed by atoms with Gasteiger partial charge in [-0.25, -0.2) is 8.78 Å². The number of carbonyl (C=O) groups excluding carboxylic acids is 1. The molecule has 5 heteroatoms. The lowest BCUT2D eigenvalue weighted by atomic mass is 10.0. The van der Waals surface area contributed by atoms with Crippen molar-refractivity contribution in [3.8, 4) is 0 Å². The molecule has 0 aliphatic heterocycles. The topological polar surface area (TPSA) is 49.3 Å². The van der Waals surface area contributed by atoms with Gasteiger partial charge >= 0.3 is 0 Å². The van der Waals surface area contributed by atoms with Gasteiger partial charge in [-0.05, 0) is 37.5 Å². The van der Waals surface area contributed by atoms with E-state index in [4.69, 9.17) is 0 Å². The smallest absolute Gasteiger partial charge is 0.220 e. The molecular weight excluding hydrogens is 252 g/mol. The Kier molecular flexibility index (Phi) is 5.42. The molecule has 0 aliphatic carbocycles. The first-order valence-electron chi connectivity index (χ1n) is 6.27. The average Bonchev–Trinajstić information content (AvgIpc) is 2.38. The molecule has 1 aromatic rings. The fraction of sp³-hybridized carbons (Fsp3) is 0.500. The van der Waals surface area contributed by atoms with Crippen molar-refractivity contribution in [1.82, 2.24) is 5.32 Å². The van der Waals surface area contributed by atoms with Crippen molar-refractivity contribution in [3.05, 3.63) is 35.4 Å². The van der Waals surface area contributed by atoms with Crippen LogP contribution in [0.1, 0.15) is 32.3 Å². The number of aryl methyl sites for hydroxylation is 1. The Morgan fingerprint density at radius 3 is 2.63 bits per heavy atom. The highest BCUT2D eigenvalue weighted by Gasteiger charge is 2.18. The second-order valence-electron chi connectivity index (χ2n) is 4.88. The lowest BCUT2D eigenvalue weighted by molar-refractivity contribution is -0.122. The van der Waals surface area contributed by atoms with Crippen LogP contribution < -0.4 is 5.32 Å². The van der Waals surface area contributed by atoms with Gasteiger partial charge in [0.05, 0.1) is 5.60 Å². The summed E-state index contributed by atoms with van der Waals surface area (Å²) in [4.78, 5) is 11.5. The molecule has 0 aromatic heterocycles. The summed E-state index contributed by atoms with van der Waals surface area (Å²) in [6, 6.07) is 3.59. The zero-order valence-corrected chi connectivity index (χ0v) is 11.2. The minimum atomic E-state index is -0.919. The molecule has 0 saturated carbocycles. The zero-order chi connectivity index (χ0) is 14.5. The zero-order valence-electron chi connectivity index (χ0n) is 11.2. The monoisotopic (exact) mass is 271 g/mol. The van der Waals surface area contributed by atoms with Gasteiger partial charge in [-0.15, -0.1) is 0 Å². The molecule has 1 aromatic carbocycles. The van der Waals surface area contributed by atoms with Crippen molar-refractivity contribution in [3.63, 3.8) is 0 Å². The third-order valence-electron chi connectivity index (χ3n) is 3.05. The van der Waals surface area contributed by atoms with Gasteiger partial charge in [0, 0.05) is 13.0 Å². The van der Waals surface area contributed by atoms with E-state index < -0.39 is 17.2 Å². The summed E-state index contributed by atoms with van der Waals surface area (Å²) in [5.41, 5.74) is -0.353. The number of benzene rings is 1. The highest BCUT2D eigenvalue weighted by atomic mass is 19.2. The third kappa shape index (κ3) is 5.34. The molecule has 0 aliphatic rings. The summed E-state index contributed by atoms with van der Waals surface area (Å²) in [6.45, 7) is 3.65. The van der Waals surface area contributed by atoms with Crippen molar-refractivity contribution >= 4 is 5.91 Å². The minimum absolute atomic E-state index is 0.171. The van der Waals surface area contributed by atoms with E-state index in [1.807, 2.05) is 6.92 Å². The number of nitrogens with one attached hydrogen (secondary N) is 1. The molecule has 1 atom stereocenters. The molecule has 1 unspecified atom stereocenters. The Labute approximate surface area is 111 Å². The maximum Gasteiger partial charge on any atom is 0.220 e. The van der Waals surface area contributed by atoms with Gasteiger partial charge in [0.15, 0.2) is 11.6 Å². The van der Waals surface area contributed by atoms with Crippen LogP contribution >= 0.6 is 0 Å². The Bertz CT molecular complexity index is 447. The molecule has 0 heterocycles. The fourth-order valence-corrected chi connectivity index (χ4v) is 1.46. The Morgan fingerprint density at radius 1 is 1.37 bits per heavy atom. The molecule has 106 valence electrons. The SMILES string of the molecule is CCC(C)(O)CNC(=O)CCc1ccc(F)c(F)c1. The number of aliphatic hydroxyl groups is 1. The number of rotatable bonds is 6. The van der Waals surface area contributed by atoms with Gasteiger partial charge in [0.1, 0.15) is 0 Å². The Balaban J connectivity index is 2.40. The van der Waals surface area contributed by atoms with Crippen LogP contribution in [-0.2, 0) is 11.2 Å². The predicted molar refractivity (Wildman–Crippen MR) is 68.6 cm³/mol. The van der Waals surface area contributed by atoms with E-state index in [2.05, 4.69) is 5.32 Å². The van der Waals surface area contributed by atoms with E-state index in [-0.39, 0.29) is 18.9 Å². The first kappa shape index (κ1) is 15.6. The molecule has 2 N–H and O–H groups in total. The second kappa shape index (κ2) is 6.61. The van der Waals surface area contributed by atoms with E-state index in [0.29, 0.717) is 18.4 Å². The van der Waals surface area contributed by atoms with Crippen LogP contribution in [0.3, 0.4) is 0 Å². The van der Waals surface area contributed by atoms with Gasteiger partial charge in [-0.3, -0.25) is 4.79 Å². The van der Waals surface area contributed by atoms with Gasteiger partial charge in [0.25, 0.3) is 0 Å². The highest BCUT2D eigenvalue weighted by Crippen LogP contribution is 2.11. The number of hydrogen-bond donors (Lipinski definition) is 2. The average molecular weight is 271 g/mol. The van der Waals surface area contributed by atoms with Gasteiger partial charge in [0.2, 0.25) is 5.91 Å². The molecule has 0 fully saturated rings. The Morgan fingerprint density at radius 2 is 2.05 bits per heavy atom. The number of hydrogen-bond acceptors (Lipinski definition) is 2. The predicted octanol–water partition coefficient (Wildman–Crippen LogP) is 2.17. The van der Waals surface area contributed by atoms with Crippen LogP contribution in [0, 0.1) is 11.6 Å². The molecule has 0 spiro atoms. The summed E-state index contributed by atoms with van der Waals surface area (Å²) >= 11 is 0. The summed E-state index contributed by atoms with van der Waals surface area (Å²) in [7, 11) is 0. The van der Waals surface area contributed by atoms with Crippen LogP contribution in [0.4, 0.5) is 8.78 Å². The molecule has 0 saturated heterocycles. The second-order valence-corrected chi connectivity index (χ2v) is 4.88. The van der Waals surface area contributed by atoms with Crippen LogP contribution in [0.5, 0.6) is 0 Å². The quantitative estimate of drug-likeness (QED) is 0.833. The maximum absolute atomic E-state index is 12.9. The number of halogens is 2. The number of amides is 1. The van der Waals surface area contributed by atoms with Crippen molar-refractivity contribution in [2.45, 2.75) is 38.7 Å². The van der Waals surface area contributed by atoms with E-state index >= 15 is 0 Å². The lowest BCUT2D eigenvalue weighted by Crippen LogP contribution is -2.40. The summed E-state index contributed by atoms with van der Waals surface area (Å²) in [6.07, 6.45) is 1.04. The van der Waals surface area contributed by atoms with Crippen LogP contribution in [0.2, 0.25) is 0 Å². The lowest BCUT2D eigenvalue weighted by Gasteiger charge is -2.21. The largest absolute Gasteiger partial charge is 0.388 e. The van der Waals surface area contributed by atoms with E-state index in [1.54, 1.807) is 6.92 Å². The third-order valence-corrected chi connectivity index (χ3v) is 3.05. The normalized spacial score (nSPS) is 13.9. The summed E-state index contributed by atoms with van der Waals surface area (Å²) < 4.78 is 25.7. The van der Waals surface area contributed by atoms with E-state index in [0.717, 1.165) is 12.1 Å². The molecular formula is C14H19F2NO2. The van der Waals surface area contributed by atoms with Gasteiger partial charge < -0.3 is 10.4 Å². The van der Waals surface area contributed by atoms with Crippen molar-refractivity contribution in [1.29, 1.82) is 0 Å².